The Hall–Kier alpha value is -3.37. The number of rotatable bonds is 6. The van der Waals surface area contributed by atoms with Crippen LogP contribution < -0.4 is 24.4 Å². The van der Waals surface area contributed by atoms with Gasteiger partial charge in [-0.1, -0.05) is 0 Å². The van der Waals surface area contributed by atoms with Gasteiger partial charge in [-0.25, -0.2) is 12.8 Å². The number of fused-ring (bicyclic) bond motifs is 1. The smallest absolute Gasteiger partial charge is 0.264 e. The number of halogens is 1. The van der Waals surface area contributed by atoms with Crippen molar-refractivity contribution in [2.75, 3.05) is 29.2 Å². The molecule has 4 rings (SSSR count). The summed E-state index contributed by atoms with van der Waals surface area (Å²) in [7, 11) is -0.725. The average molecular weight is 516 g/mol. The van der Waals surface area contributed by atoms with Gasteiger partial charge < -0.3 is 20.1 Å². The molecule has 0 radical (unpaired) electrons. The number of sulfonamides is 1. The minimum absolute atomic E-state index is 0.144. The predicted octanol–water partition coefficient (Wildman–Crippen LogP) is 5.18. The maximum absolute atomic E-state index is 13.7. The van der Waals surface area contributed by atoms with Crippen LogP contribution in [-0.2, 0) is 16.4 Å². The van der Waals surface area contributed by atoms with Crippen molar-refractivity contribution >= 4 is 44.4 Å². The summed E-state index contributed by atoms with van der Waals surface area (Å²) in [6.45, 7) is 1.86. The monoisotopic (exact) mass is 515 g/mol. The van der Waals surface area contributed by atoms with Gasteiger partial charge in [-0.15, -0.1) is 0 Å². The van der Waals surface area contributed by atoms with Crippen LogP contribution in [0, 0.1) is 5.82 Å². The Kier molecular flexibility index (Phi) is 7.13. The molecule has 3 aromatic rings. The second kappa shape index (κ2) is 10.1. The molecule has 1 heterocycles. The maximum atomic E-state index is 13.7. The van der Waals surface area contributed by atoms with Crippen molar-refractivity contribution in [3.63, 3.8) is 0 Å². The molecule has 1 aliphatic rings. The van der Waals surface area contributed by atoms with Crippen LogP contribution >= 0.6 is 12.2 Å². The SMILES string of the molecule is COc1ccc(NC(=S)Nc2ccc(S(=O)(=O)N3c4ccc(F)cc4CC[C@@H]3C)cc2)cc1OC. The van der Waals surface area contributed by atoms with Crippen molar-refractivity contribution in [3.8, 4) is 11.5 Å². The van der Waals surface area contributed by atoms with Gasteiger partial charge in [-0.3, -0.25) is 4.31 Å². The lowest BCUT2D eigenvalue weighted by atomic mass is 9.99. The molecule has 0 saturated carbocycles. The summed E-state index contributed by atoms with van der Waals surface area (Å²) in [5, 5.41) is 6.43. The lowest BCUT2D eigenvalue weighted by Crippen LogP contribution is -2.42. The van der Waals surface area contributed by atoms with Gasteiger partial charge in [0.1, 0.15) is 5.82 Å². The van der Waals surface area contributed by atoms with Gasteiger partial charge in [0.25, 0.3) is 10.0 Å². The molecular formula is C25H26FN3O4S2. The summed E-state index contributed by atoms with van der Waals surface area (Å²) >= 11 is 5.39. The molecule has 2 N–H and O–H groups in total. The molecule has 0 unspecified atom stereocenters. The number of hydrogen-bond acceptors (Lipinski definition) is 5. The van der Waals surface area contributed by atoms with Gasteiger partial charge in [0.2, 0.25) is 0 Å². The zero-order valence-electron chi connectivity index (χ0n) is 19.5. The highest BCUT2D eigenvalue weighted by atomic mass is 32.2. The van der Waals surface area contributed by atoms with E-state index in [4.69, 9.17) is 21.7 Å². The summed E-state index contributed by atoms with van der Waals surface area (Å²) in [5.41, 5.74) is 2.54. The van der Waals surface area contributed by atoms with Crippen LogP contribution in [-0.4, -0.2) is 33.8 Å². The van der Waals surface area contributed by atoms with E-state index in [9.17, 15) is 12.8 Å². The van der Waals surface area contributed by atoms with E-state index in [2.05, 4.69) is 10.6 Å². The van der Waals surface area contributed by atoms with Gasteiger partial charge in [-0.2, -0.15) is 0 Å². The minimum Gasteiger partial charge on any atom is -0.493 e. The van der Waals surface area contributed by atoms with Gasteiger partial charge in [-0.05, 0) is 92.1 Å². The van der Waals surface area contributed by atoms with Crippen LogP contribution in [0.4, 0.5) is 21.5 Å². The number of nitrogens with zero attached hydrogens (tertiary/aromatic N) is 1. The third kappa shape index (κ3) is 5.18. The Bertz CT molecular complexity index is 1350. The van der Waals surface area contributed by atoms with Gasteiger partial charge in [0, 0.05) is 23.5 Å². The van der Waals surface area contributed by atoms with Gasteiger partial charge in [0.15, 0.2) is 16.6 Å². The molecular weight excluding hydrogens is 489 g/mol. The predicted molar refractivity (Wildman–Crippen MR) is 140 cm³/mol. The number of thiocarbonyl (C=S) groups is 1. The minimum atomic E-state index is -3.84. The number of aryl methyl sites for hydroxylation is 1. The molecule has 10 heteroatoms. The van der Waals surface area contributed by atoms with Gasteiger partial charge in [0.05, 0.1) is 24.8 Å². The van der Waals surface area contributed by atoms with Crippen LogP contribution in [0.15, 0.2) is 65.6 Å². The largest absolute Gasteiger partial charge is 0.493 e. The fourth-order valence-corrected chi connectivity index (χ4v) is 6.05. The Morgan fingerprint density at radius 2 is 1.63 bits per heavy atom. The fourth-order valence-electron chi connectivity index (χ4n) is 4.09. The molecule has 0 amide bonds. The van der Waals surface area contributed by atoms with E-state index in [0.29, 0.717) is 52.1 Å². The highest BCUT2D eigenvalue weighted by molar-refractivity contribution is 7.92. The highest BCUT2D eigenvalue weighted by Gasteiger charge is 2.34. The summed E-state index contributed by atoms with van der Waals surface area (Å²) in [5.74, 6) is 0.791. The number of benzene rings is 3. The topological polar surface area (TPSA) is 79.9 Å². The fraction of sp³-hybridized carbons (Fsp3) is 0.240. The van der Waals surface area contributed by atoms with Gasteiger partial charge >= 0.3 is 0 Å². The zero-order valence-corrected chi connectivity index (χ0v) is 21.2. The average Bonchev–Trinajstić information content (AvgIpc) is 2.84. The first kappa shape index (κ1) is 24.7. The van der Waals surface area contributed by atoms with Crippen LogP contribution in [0.2, 0.25) is 0 Å². The summed E-state index contributed by atoms with van der Waals surface area (Å²) in [4.78, 5) is 0.144. The van der Waals surface area contributed by atoms with E-state index in [-0.39, 0.29) is 16.8 Å². The van der Waals surface area contributed by atoms with E-state index in [1.165, 1.54) is 34.6 Å². The van der Waals surface area contributed by atoms with Crippen molar-refractivity contribution in [2.45, 2.75) is 30.7 Å². The van der Waals surface area contributed by atoms with E-state index >= 15 is 0 Å². The lowest BCUT2D eigenvalue weighted by Gasteiger charge is -2.36. The van der Waals surface area contributed by atoms with E-state index in [0.717, 1.165) is 0 Å². The molecule has 3 aromatic carbocycles. The van der Waals surface area contributed by atoms with Crippen LogP contribution in [0.5, 0.6) is 11.5 Å². The summed E-state index contributed by atoms with van der Waals surface area (Å²) in [6.07, 6.45) is 1.25. The molecule has 0 fully saturated rings. The van der Waals surface area contributed by atoms with Crippen molar-refractivity contribution < 1.29 is 22.3 Å². The first-order valence-electron chi connectivity index (χ1n) is 11.0. The number of anilines is 3. The second-order valence-corrected chi connectivity index (χ2v) is 10.4. The number of nitrogens with one attached hydrogen (secondary N) is 2. The number of hydrogen-bond donors (Lipinski definition) is 2. The highest BCUT2D eigenvalue weighted by Crippen LogP contribution is 2.36. The molecule has 1 atom stereocenters. The molecule has 0 aliphatic carbocycles. The van der Waals surface area contributed by atoms with Crippen molar-refractivity contribution in [2.24, 2.45) is 0 Å². The van der Waals surface area contributed by atoms with Crippen LogP contribution in [0.3, 0.4) is 0 Å². The molecule has 0 bridgehead atoms. The zero-order chi connectivity index (χ0) is 25.2. The quantitative estimate of drug-likeness (QED) is 0.438. The normalized spacial score (nSPS) is 15.2. The molecule has 0 aromatic heterocycles. The number of methoxy groups -OCH3 is 2. The third-order valence-electron chi connectivity index (χ3n) is 5.82. The summed E-state index contributed by atoms with van der Waals surface area (Å²) in [6, 6.07) is 15.7. The van der Waals surface area contributed by atoms with Crippen LogP contribution in [0.1, 0.15) is 18.9 Å². The van der Waals surface area contributed by atoms with Crippen molar-refractivity contribution in [1.82, 2.24) is 0 Å². The standard InChI is InChI=1S/C25H26FN3O4S2/c1-16-4-5-17-14-18(26)6-12-22(17)29(16)35(30,31)21-10-7-19(8-11-21)27-25(34)28-20-9-13-23(32-2)24(15-20)33-3/h6-16H,4-5H2,1-3H3,(H2,27,28,34)/t16-/m0/s1. The Labute approximate surface area is 209 Å². The first-order valence-corrected chi connectivity index (χ1v) is 12.8. The van der Waals surface area contributed by atoms with E-state index in [1.54, 1.807) is 44.6 Å². The Morgan fingerprint density at radius 3 is 2.31 bits per heavy atom. The first-order chi connectivity index (χ1) is 16.7. The molecule has 35 heavy (non-hydrogen) atoms. The van der Waals surface area contributed by atoms with E-state index in [1.807, 2.05) is 6.92 Å². The van der Waals surface area contributed by atoms with Crippen LogP contribution in [0.25, 0.3) is 0 Å². The van der Waals surface area contributed by atoms with Crippen molar-refractivity contribution in [3.05, 3.63) is 72.0 Å². The molecule has 7 nitrogen and oxygen atoms in total. The molecule has 184 valence electrons. The second-order valence-electron chi connectivity index (χ2n) is 8.13. The molecule has 0 spiro atoms. The van der Waals surface area contributed by atoms with Crippen molar-refractivity contribution in [1.29, 1.82) is 0 Å². The van der Waals surface area contributed by atoms with E-state index < -0.39 is 10.0 Å². The Morgan fingerprint density at radius 1 is 0.971 bits per heavy atom. The third-order valence-corrected chi connectivity index (χ3v) is 7.97. The molecule has 1 aliphatic heterocycles. The summed E-state index contributed by atoms with van der Waals surface area (Å²) < 4.78 is 52.6. The lowest BCUT2D eigenvalue weighted by molar-refractivity contribution is 0.355. The maximum Gasteiger partial charge on any atom is 0.264 e. The Balaban J connectivity index is 1.49. The molecule has 0 saturated heterocycles. The number of ether oxygens (including phenoxy) is 2.